The first kappa shape index (κ1) is 14.4. The van der Waals surface area contributed by atoms with E-state index in [1.165, 1.54) is 10.6 Å². The van der Waals surface area contributed by atoms with Crippen molar-refractivity contribution in [1.82, 2.24) is 9.47 Å². The average Bonchev–Trinajstić information content (AvgIpc) is 3.27. The van der Waals surface area contributed by atoms with Crippen molar-refractivity contribution in [2.75, 3.05) is 13.1 Å². The molecule has 0 fully saturated rings. The Labute approximate surface area is 139 Å². The smallest absolute Gasteiger partial charge is 0.176 e. The summed E-state index contributed by atoms with van der Waals surface area (Å²) in [6, 6.07) is 18.3. The fourth-order valence-corrected chi connectivity index (χ4v) is 4.14. The van der Waals surface area contributed by atoms with E-state index in [0.29, 0.717) is 6.54 Å². The first-order valence-corrected chi connectivity index (χ1v) is 8.71. The van der Waals surface area contributed by atoms with Gasteiger partial charge in [0.25, 0.3) is 0 Å². The Hall–Kier alpha value is -2.17. The van der Waals surface area contributed by atoms with Crippen LogP contribution in [-0.4, -0.2) is 28.3 Å². The van der Waals surface area contributed by atoms with Gasteiger partial charge in [0.2, 0.25) is 0 Å². The molecule has 0 spiro atoms. The van der Waals surface area contributed by atoms with Crippen LogP contribution in [-0.2, 0) is 6.54 Å². The lowest BCUT2D eigenvalue weighted by atomic mass is 10.1. The zero-order valence-electron chi connectivity index (χ0n) is 12.8. The summed E-state index contributed by atoms with van der Waals surface area (Å²) in [5.41, 5.74) is 2.07. The van der Waals surface area contributed by atoms with E-state index >= 15 is 0 Å². The molecule has 4 rings (SSSR count). The fourth-order valence-electron chi connectivity index (χ4n) is 3.27. The largest absolute Gasteiger partial charge is 0.348 e. The van der Waals surface area contributed by atoms with Crippen molar-refractivity contribution >= 4 is 17.1 Å². The van der Waals surface area contributed by atoms with E-state index < -0.39 is 0 Å². The number of aromatic nitrogens is 1. The van der Waals surface area contributed by atoms with E-state index in [2.05, 4.69) is 45.3 Å². The number of fused-ring (bicyclic) bond motifs is 1. The molecule has 0 saturated heterocycles. The Morgan fingerprint density at radius 3 is 2.70 bits per heavy atom. The average molecular weight is 322 g/mol. The zero-order chi connectivity index (χ0) is 15.6. The quantitative estimate of drug-likeness (QED) is 0.682. The minimum atomic E-state index is 0.173. The Kier molecular flexibility index (Phi) is 3.85. The van der Waals surface area contributed by atoms with Gasteiger partial charge in [-0.1, -0.05) is 36.4 Å². The van der Waals surface area contributed by atoms with Crippen LogP contribution >= 0.6 is 11.3 Å². The van der Waals surface area contributed by atoms with Crippen LogP contribution < -0.4 is 0 Å². The van der Waals surface area contributed by atoms with E-state index in [1.807, 2.05) is 30.3 Å². The van der Waals surface area contributed by atoms with Crippen molar-refractivity contribution in [3.63, 3.8) is 0 Å². The van der Waals surface area contributed by atoms with E-state index in [1.54, 1.807) is 11.3 Å². The molecule has 116 valence electrons. The van der Waals surface area contributed by atoms with Gasteiger partial charge in [-0.15, -0.1) is 11.3 Å². The summed E-state index contributed by atoms with van der Waals surface area (Å²) in [6.45, 7) is 2.28. The highest BCUT2D eigenvalue weighted by atomic mass is 32.1. The summed E-state index contributed by atoms with van der Waals surface area (Å²) >= 11 is 1.76. The number of benzene rings is 1. The number of carbonyl (C=O) groups is 1. The van der Waals surface area contributed by atoms with Crippen LogP contribution in [0.2, 0.25) is 0 Å². The molecule has 3 heterocycles. The number of thiophene rings is 1. The van der Waals surface area contributed by atoms with Crippen molar-refractivity contribution < 1.29 is 4.79 Å². The highest BCUT2D eigenvalue weighted by Crippen LogP contribution is 2.34. The predicted octanol–water partition coefficient (Wildman–Crippen LogP) is 3.84. The molecule has 3 nitrogen and oxygen atoms in total. The minimum Gasteiger partial charge on any atom is -0.348 e. The molecule has 0 radical (unpaired) electrons. The van der Waals surface area contributed by atoms with Gasteiger partial charge < -0.3 is 4.57 Å². The molecule has 1 aromatic carbocycles. The van der Waals surface area contributed by atoms with Crippen LogP contribution in [0.3, 0.4) is 0 Å². The van der Waals surface area contributed by atoms with E-state index in [0.717, 1.165) is 18.7 Å². The lowest BCUT2D eigenvalue weighted by Gasteiger charge is -2.36. The lowest BCUT2D eigenvalue weighted by Crippen LogP contribution is -2.41. The second kappa shape index (κ2) is 6.14. The number of carbonyl (C=O) groups excluding carboxylic acids is 1. The van der Waals surface area contributed by atoms with Gasteiger partial charge in [0.1, 0.15) is 0 Å². The molecule has 0 saturated carbocycles. The summed E-state index contributed by atoms with van der Waals surface area (Å²) in [5.74, 6) is 0.187. The Balaban J connectivity index is 1.64. The van der Waals surface area contributed by atoms with Gasteiger partial charge in [-0.3, -0.25) is 9.69 Å². The summed E-state index contributed by atoms with van der Waals surface area (Å²) in [6.07, 6.45) is 2.13. The molecule has 1 unspecified atom stereocenters. The van der Waals surface area contributed by atoms with Gasteiger partial charge in [0.05, 0.1) is 12.6 Å². The van der Waals surface area contributed by atoms with Crippen LogP contribution in [0.5, 0.6) is 0 Å². The van der Waals surface area contributed by atoms with Crippen LogP contribution in [0.4, 0.5) is 0 Å². The van der Waals surface area contributed by atoms with Gasteiger partial charge in [-0.2, -0.15) is 0 Å². The molecule has 0 N–H and O–H groups in total. The molecule has 0 bridgehead atoms. The molecular weight excluding hydrogens is 304 g/mol. The van der Waals surface area contributed by atoms with Gasteiger partial charge in [-0.05, 0) is 23.6 Å². The number of hydrogen-bond donors (Lipinski definition) is 0. The first-order valence-electron chi connectivity index (χ1n) is 7.83. The number of nitrogens with zero attached hydrogens (tertiary/aromatic N) is 2. The van der Waals surface area contributed by atoms with E-state index in [4.69, 9.17) is 0 Å². The van der Waals surface area contributed by atoms with Crippen molar-refractivity contribution in [1.29, 1.82) is 0 Å². The van der Waals surface area contributed by atoms with Gasteiger partial charge in [-0.25, -0.2) is 0 Å². The Bertz CT molecular complexity index is 792. The molecule has 1 aliphatic heterocycles. The lowest BCUT2D eigenvalue weighted by molar-refractivity contribution is 0.0884. The maximum atomic E-state index is 12.6. The van der Waals surface area contributed by atoms with Gasteiger partial charge in [0.15, 0.2) is 5.78 Å². The number of rotatable bonds is 4. The van der Waals surface area contributed by atoms with Crippen molar-refractivity contribution in [2.45, 2.75) is 12.6 Å². The summed E-state index contributed by atoms with van der Waals surface area (Å²) < 4.78 is 2.30. The molecule has 1 aliphatic rings. The third kappa shape index (κ3) is 2.76. The molecule has 3 aromatic rings. The topological polar surface area (TPSA) is 25.2 Å². The normalized spacial score (nSPS) is 17.8. The standard InChI is InChI=1S/C19H18N2OS/c22-17(15-6-2-1-3-7-15)14-21-12-11-20-10-4-8-16(20)19(21)18-9-5-13-23-18/h1-10,13,19H,11-12,14H2. The summed E-state index contributed by atoms with van der Waals surface area (Å²) in [4.78, 5) is 16.2. The first-order chi connectivity index (χ1) is 11.3. The van der Waals surface area contributed by atoms with Crippen molar-refractivity contribution in [3.05, 3.63) is 82.3 Å². The number of ketones is 1. The SMILES string of the molecule is O=C(CN1CCn2cccc2C1c1cccs1)c1ccccc1. The maximum Gasteiger partial charge on any atom is 0.176 e. The van der Waals surface area contributed by atoms with E-state index in [-0.39, 0.29) is 11.8 Å². The number of Topliss-reactive ketones (excluding diaryl/α,β-unsaturated/α-hetero) is 1. The summed E-state index contributed by atoms with van der Waals surface area (Å²) in [5, 5.41) is 2.11. The van der Waals surface area contributed by atoms with Crippen molar-refractivity contribution in [3.8, 4) is 0 Å². The molecule has 23 heavy (non-hydrogen) atoms. The van der Waals surface area contributed by atoms with Crippen LogP contribution in [0.1, 0.15) is 27.0 Å². The molecule has 2 aromatic heterocycles. The summed E-state index contributed by atoms with van der Waals surface area (Å²) in [7, 11) is 0. The second-order valence-corrected chi connectivity index (χ2v) is 6.78. The van der Waals surface area contributed by atoms with Gasteiger partial charge >= 0.3 is 0 Å². The maximum absolute atomic E-state index is 12.6. The van der Waals surface area contributed by atoms with Crippen LogP contribution in [0.25, 0.3) is 0 Å². The van der Waals surface area contributed by atoms with Crippen molar-refractivity contribution in [2.24, 2.45) is 0 Å². The van der Waals surface area contributed by atoms with Gasteiger partial charge in [0, 0.05) is 35.4 Å². The molecule has 4 heteroatoms. The third-order valence-corrected chi connectivity index (χ3v) is 5.32. The molecule has 0 aliphatic carbocycles. The third-order valence-electron chi connectivity index (χ3n) is 4.39. The monoisotopic (exact) mass is 322 g/mol. The molecule has 0 amide bonds. The highest BCUT2D eigenvalue weighted by Gasteiger charge is 2.30. The minimum absolute atomic E-state index is 0.173. The Morgan fingerprint density at radius 1 is 1.04 bits per heavy atom. The molecule has 1 atom stereocenters. The van der Waals surface area contributed by atoms with E-state index in [9.17, 15) is 4.79 Å². The number of hydrogen-bond acceptors (Lipinski definition) is 3. The Morgan fingerprint density at radius 2 is 1.91 bits per heavy atom. The second-order valence-electron chi connectivity index (χ2n) is 5.80. The molecular formula is C19H18N2OS. The predicted molar refractivity (Wildman–Crippen MR) is 92.9 cm³/mol. The van der Waals surface area contributed by atoms with Crippen LogP contribution in [0.15, 0.2) is 66.2 Å². The van der Waals surface area contributed by atoms with Crippen LogP contribution in [0, 0.1) is 0 Å². The zero-order valence-corrected chi connectivity index (χ0v) is 13.6. The highest BCUT2D eigenvalue weighted by molar-refractivity contribution is 7.10. The fraction of sp³-hybridized carbons (Fsp3) is 0.211.